The van der Waals surface area contributed by atoms with Crippen molar-refractivity contribution in [3.05, 3.63) is 11.6 Å². The third-order valence-corrected chi connectivity index (χ3v) is 27.3. The van der Waals surface area contributed by atoms with E-state index in [0.29, 0.717) is 51.4 Å². The third kappa shape index (κ3) is 14.9. The van der Waals surface area contributed by atoms with Gasteiger partial charge >= 0.3 is 5.97 Å². The normalized spacial score (nSPS) is 54.2. The van der Waals surface area contributed by atoms with E-state index in [1.165, 1.54) is 6.92 Å². The van der Waals surface area contributed by atoms with Crippen LogP contribution in [0.2, 0.25) is 0 Å². The molecule has 36 nitrogen and oxygen atoms in total. The SMILES string of the molecule is C[C@@H]1O[C@@H](O[C@H]2[C@H](O)[C@@H](O)[C@H](O[C@@H]3[C@@H](O)[C@H](OC[C@H]4O[C@@H](OC(=O)[C@]56CCC(C)(C)C[C@H]5C5=CC[C@@H]7[C@@]8(C)CC[C@H](O[C@H]9OC[C@H](O)[C@H](O[C@@H]%10O[C@H](CO)[C@@H](O[C@@H]%11O[C@H](CO)[C@@H](O)[C@H](O)[C@H]%11O)[C@H](O)[C@H]%10O)[C@H]9O)C(C)(C)[C@@H]8CC[C@@]7(C)[C@]5(C)CC6)[C@H](O)[C@@H](O)[C@@H]4O)O[C@H](CO)[C@H]3O)O[C@@H]2CO)[C@H](O)[C@H](O)[C@H]1O. The third-order valence-electron chi connectivity index (χ3n) is 27.3. The lowest BCUT2D eigenvalue weighted by molar-refractivity contribution is -0.380. The van der Waals surface area contributed by atoms with E-state index in [-0.39, 0.29) is 40.6 Å². The zero-order chi connectivity index (χ0) is 78.0. The number of carbonyl (C=O) groups is 1. The van der Waals surface area contributed by atoms with E-state index in [4.69, 9.17) is 66.3 Å². The lowest BCUT2D eigenvalue weighted by atomic mass is 9.33. The first kappa shape index (κ1) is 84.3. The molecule has 11 fully saturated rings. The Bertz CT molecular complexity index is 3020. The van der Waals surface area contributed by atoms with Gasteiger partial charge in [-0.05, 0) is 116 Å². The van der Waals surface area contributed by atoms with Crippen LogP contribution in [0.3, 0.4) is 0 Å². The Labute approximate surface area is 618 Å². The maximum atomic E-state index is 15.4. The van der Waals surface area contributed by atoms with Gasteiger partial charge in [-0.15, -0.1) is 0 Å². The Kier molecular flexibility index (Phi) is 25.3. The topological polar surface area (TPSA) is 571 Å². The van der Waals surface area contributed by atoms with Gasteiger partial charge in [0, 0.05) is 0 Å². The molecule has 4 saturated carbocycles. The fraction of sp³-hybridized carbons (Fsp3) is 0.958. The standard InChI is InChI=1S/C71H116O36/c1-26-38(77)42(81)47(86)60(96-26)104-55-32(22-74)100-63(51(90)46(55)85)106-57-41(80)31(21-73)97-58(53(57)92)95-25-34-40(79)44(83)49(88)64(101-34)107-65(93)71-17-15-66(2,3)19-28(71)27-9-10-36-68(6)13-12-37(67(4,5)35(68)11-14-70(36,8)69(27,7)16-18-71)102-59-52(91)54(29(76)24-94-59)103-62-50(89)45(84)56(33(23-75)99-62)105-61-48(87)43(82)39(78)30(20-72)98-61/h9,26,28-64,72-92H,10-25H2,1-8H3/t26-,28-,29-,30+,31+,32+,33+,34+,35-,36+,37-,38-,39+,40+,41+,42+,43-,44-,45+,46+,47+,48+,49+,50+,51+,52+,53+,54-,55+,56+,57-,58+,59+,60-,61-,62-,63-,64-,68-,69+,70+,71-/m0/s1. The Balaban J connectivity index is 0.689. The number of aliphatic hydroxyl groups excluding tert-OH is 21. The molecule has 0 amide bonds. The van der Waals surface area contributed by atoms with E-state index < -0.39 is 270 Å². The van der Waals surface area contributed by atoms with Gasteiger partial charge in [0.15, 0.2) is 37.7 Å². The molecule has 42 atom stereocenters. The van der Waals surface area contributed by atoms with Crippen LogP contribution in [0.1, 0.15) is 120 Å². The van der Waals surface area contributed by atoms with E-state index >= 15 is 4.79 Å². The number of ether oxygens (including phenoxy) is 14. The van der Waals surface area contributed by atoms with Crippen molar-refractivity contribution < 1.29 is 178 Å². The summed E-state index contributed by atoms with van der Waals surface area (Å²) in [6.45, 7) is 12.5. The van der Waals surface area contributed by atoms with Gasteiger partial charge in [0.2, 0.25) is 6.29 Å². The molecule has 21 N–H and O–H groups in total. The molecule has 12 rings (SSSR count). The number of allylic oxidation sites excluding steroid dienone is 2. The number of esters is 1. The summed E-state index contributed by atoms with van der Waals surface area (Å²) in [6.07, 6.45) is -50.9. The number of carbonyl (C=O) groups excluding carboxylic acids is 1. The van der Waals surface area contributed by atoms with Crippen molar-refractivity contribution in [1.82, 2.24) is 0 Å². The molecule has 12 aliphatic rings. The highest BCUT2D eigenvalue weighted by Gasteiger charge is 2.71. The molecule has 0 bridgehead atoms. The second-order valence-corrected chi connectivity index (χ2v) is 34.3. The number of fused-ring (bicyclic) bond motifs is 7. The minimum absolute atomic E-state index is 0.0726. The van der Waals surface area contributed by atoms with Crippen LogP contribution in [0.4, 0.5) is 0 Å². The Morgan fingerprint density at radius 2 is 0.916 bits per heavy atom. The summed E-state index contributed by atoms with van der Waals surface area (Å²) in [5.41, 5.74) is -1.73. The first-order valence-corrected chi connectivity index (χ1v) is 37.6. The molecule has 36 heteroatoms. The van der Waals surface area contributed by atoms with Gasteiger partial charge in [-0.1, -0.05) is 60.1 Å². The first-order chi connectivity index (χ1) is 50.3. The van der Waals surface area contributed by atoms with Crippen LogP contribution in [0.25, 0.3) is 0 Å². The van der Waals surface area contributed by atoms with E-state index in [1.807, 2.05) is 0 Å². The Hall–Kier alpha value is -2.15. The number of rotatable bonds is 19. The average Bonchev–Trinajstić information content (AvgIpc) is 0.674. The zero-order valence-electron chi connectivity index (χ0n) is 61.3. The molecule has 616 valence electrons. The van der Waals surface area contributed by atoms with Crippen molar-refractivity contribution in [1.29, 1.82) is 0 Å². The quantitative estimate of drug-likeness (QED) is 0.0325. The van der Waals surface area contributed by atoms with Gasteiger partial charge in [0.1, 0.15) is 159 Å². The number of aliphatic hydroxyl groups is 21. The maximum Gasteiger partial charge on any atom is 0.315 e. The van der Waals surface area contributed by atoms with Crippen LogP contribution >= 0.6 is 0 Å². The lowest BCUT2D eigenvalue weighted by Crippen LogP contribution is -2.67. The minimum atomic E-state index is -2.07. The molecule has 0 aromatic heterocycles. The van der Waals surface area contributed by atoms with Crippen LogP contribution in [0, 0.1) is 50.2 Å². The van der Waals surface area contributed by atoms with Crippen molar-refractivity contribution in [2.24, 2.45) is 50.2 Å². The molecule has 7 heterocycles. The Morgan fingerprint density at radius 1 is 0.439 bits per heavy atom. The highest BCUT2D eigenvalue weighted by atomic mass is 16.8. The van der Waals surface area contributed by atoms with E-state index in [2.05, 4.69) is 54.5 Å². The summed E-state index contributed by atoms with van der Waals surface area (Å²) in [6, 6.07) is 0. The Morgan fingerprint density at radius 3 is 1.50 bits per heavy atom. The lowest BCUT2D eigenvalue weighted by Gasteiger charge is -2.71. The number of hydrogen-bond donors (Lipinski definition) is 21. The monoisotopic (exact) mass is 1540 g/mol. The second kappa shape index (κ2) is 32.1. The minimum Gasteiger partial charge on any atom is -0.432 e. The van der Waals surface area contributed by atoms with Gasteiger partial charge in [0.25, 0.3) is 0 Å². The summed E-state index contributed by atoms with van der Waals surface area (Å²) in [5.74, 6) is -0.790. The van der Waals surface area contributed by atoms with Crippen molar-refractivity contribution in [3.63, 3.8) is 0 Å². The van der Waals surface area contributed by atoms with Crippen LogP contribution in [-0.2, 0) is 71.1 Å². The molecular formula is C71H116O36. The van der Waals surface area contributed by atoms with Gasteiger partial charge in [-0.2, -0.15) is 0 Å². The van der Waals surface area contributed by atoms with Gasteiger partial charge in [-0.3, -0.25) is 4.79 Å². The van der Waals surface area contributed by atoms with Crippen LogP contribution in [0.15, 0.2) is 11.6 Å². The van der Waals surface area contributed by atoms with E-state index in [1.54, 1.807) is 0 Å². The molecule has 0 unspecified atom stereocenters. The van der Waals surface area contributed by atoms with Gasteiger partial charge < -0.3 is 174 Å². The molecule has 0 aromatic carbocycles. The van der Waals surface area contributed by atoms with Crippen molar-refractivity contribution in [2.75, 3.05) is 39.6 Å². The maximum absolute atomic E-state index is 15.4. The average molecular weight is 1550 g/mol. The summed E-state index contributed by atoms with van der Waals surface area (Å²) >= 11 is 0. The fourth-order valence-electron chi connectivity index (χ4n) is 20.6. The van der Waals surface area contributed by atoms with Crippen LogP contribution < -0.4 is 0 Å². The smallest absolute Gasteiger partial charge is 0.315 e. The molecule has 0 radical (unpaired) electrons. The van der Waals surface area contributed by atoms with E-state index in [0.717, 1.165) is 18.4 Å². The largest absolute Gasteiger partial charge is 0.432 e. The summed E-state index contributed by atoms with van der Waals surface area (Å²) in [7, 11) is 0. The highest BCUT2D eigenvalue weighted by molar-refractivity contribution is 5.79. The van der Waals surface area contributed by atoms with Gasteiger partial charge in [-0.25, -0.2) is 0 Å². The molecule has 7 aliphatic heterocycles. The first-order valence-electron chi connectivity index (χ1n) is 37.6. The predicted octanol–water partition coefficient (Wildman–Crippen LogP) is -6.90. The second-order valence-electron chi connectivity index (χ2n) is 34.3. The van der Waals surface area contributed by atoms with Crippen molar-refractivity contribution in [2.45, 2.75) is 335 Å². The van der Waals surface area contributed by atoms with Crippen molar-refractivity contribution >= 4 is 5.97 Å². The van der Waals surface area contributed by atoms with Gasteiger partial charge in [0.05, 0.1) is 57.3 Å². The molecule has 0 aromatic rings. The molecule has 5 aliphatic carbocycles. The number of hydrogen-bond acceptors (Lipinski definition) is 36. The fourth-order valence-corrected chi connectivity index (χ4v) is 20.6. The summed E-state index contributed by atoms with van der Waals surface area (Å²) in [5, 5.41) is 229. The van der Waals surface area contributed by atoms with E-state index in [9.17, 15) is 107 Å². The van der Waals surface area contributed by atoms with Crippen LogP contribution in [-0.4, -0.2) is 368 Å². The van der Waals surface area contributed by atoms with Crippen LogP contribution in [0.5, 0.6) is 0 Å². The summed E-state index contributed by atoms with van der Waals surface area (Å²) < 4.78 is 82.4. The summed E-state index contributed by atoms with van der Waals surface area (Å²) in [4.78, 5) is 15.4. The zero-order valence-corrected chi connectivity index (χ0v) is 61.3. The van der Waals surface area contributed by atoms with Crippen molar-refractivity contribution in [3.8, 4) is 0 Å². The predicted molar refractivity (Wildman–Crippen MR) is 353 cm³/mol. The molecule has 7 saturated heterocycles. The molecule has 107 heavy (non-hydrogen) atoms. The highest BCUT2D eigenvalue weighted by Crippen LogP contribution is 2.76. The molecular weight excluding hydrogens is 1430 g/mol. The molecule has 0 spiro atoms.